The van der Waals surface area contributed by atoms with Crippen LogP contribution in [0.25, 0.3) is 0 Å². The molecule has 1 heterocycles. The number of nitrogens with zero attached hydrogens (tertiary/aromatic N) is 2. The molecule has 0 unspecified atom stereocenters. The van der Waals surface area contributed by atoms with Crippen LogP contribution in [0.4, 0.5) is 11.4 Å². The molecule has 35 heavy (non-hydrogen) atoms. The van der Waals surface area contributed by atoms with Crippen molar-refractivity contribution in [2.45, 2.75) is 20.8 Å². The van der Waals surface area contributed by atoms with Gasteiger partial charge in [-0.2, -0.15) is 0 Å². The van der Waals surface area contributed by atoms with Gasteiger partial charge in [0.05, 0.1) is 10.7 Å². The Labute approximate surface area is 211 Å². The summed E-state index contributed by atoms with van der Waals surface area (Å²) in [6, 6.07) is 19.0. The average Bonchev–Trinajstić information content (AvgIpc) is 2.82. The van der Waals surface area contributed by atoms with Gasteiger partial charge in [0, 0.05) is 37.4 Å². The molecule has 0 radical (unpaired) electrons. The summed E-state index contributed by atoms with van der Waals surface area (Å²) >= 11 is 6.56. The van der Waals surface area contributed by atoms with Crippen molar-refractivity contribution in [2.75, 3.05) is 43.0 Å². The zero-order chi connectivity index (χ0) is 24.9. The van der Waals surface area contributed by atoms with E-state index in [1.54, 1.807) is 6.07 Å². The molecule has 3 aromatic rings. The van der Waals surface area contributed by atoms with Gasteiger partial charge in [0.1, 0.15) is 5.75 Å². The summed E-state index contributed by atoms with van der Waals surface area (Å²) < 4.78 is 5.63. The summed E-state index contributed by atoms with van der Waals surface area (Å²) in [7, 11) is 0. The number of anilines is 2. The number of hydrogen-bond acceptors (Lipinski definition) is 4. The van der Waals surface area contributed by atoms with E-state index < -0.39 is 0 Å². The van der Waals surface area contributed by atoms with Crippen molar-refractivity contribution >= 4 is 34.8 Å². The van der Waals surface area contributed by atoms with Gasteiger partial charge < -0.3 is 19.9 Å². The van der Waals surface area contributed by atoms with Crippen LogP contribution in [0.15, 0.2) is 60.7 Å². The Morgan fingerprint density at radius 3 is 2.26 bits per heavy atom. The lowest BCUT2D eigenvalue weighted by molar-refractivity contribution is -0.118. The SMILES string of the molecule is Cc1cc(C)cc(OCC(=O)Nc2ccc(N3CCN(C(=O)c4ccccc4C)CC3)c(Cl)c2)c1. The van der Waals surface area contributed by atoms with Gasteiger partial charge in [0.2, 0.25) is 0 Å². The van der Waals surface area contributed by atoms with E-state index in [0.717, 1.165) is 27.9 Å². The zero-order valence-corrected chi connectivity index (χ0v) is 21.1. The maximum Gasteiger partial charge on any atom is 0.262 e. The van der Waals surface area contributed by atoms with Gasteiger partial charge >= 0.3 is 0 Å². The van der Waals surface area contributed by atoms with Crippen LogP contribution in [0.2, 0.25) is 5.02 Å². The minimum atomic E-state index is -0.253. The lowest BCUT2D eigenvalue weighted by atomic mass is 10.1. The summed E-state index contributed by atoms with van der Waals surface area (Å²) in [6.07, 6.45) is 0. The van der Waals surface area contributed by atoms with Gasteiger partial charge in [-0.15, -0.1) is 0 Å². The highest BCUT2D eigenvalue weighted by Gasteiger charge is 2.24. The van der Waals surface area contributed by atoms with Gasteiger partial charge in [-0.05, 0) is 73.9 Å². The molecule has 0 spiro atoms. The highest BCUT2D eigenvalue weighted by Crippen LogP contribution is 2.30. The second kappa shape index (κ2) is 10.8. The summed E-state index contributed by atoms with van der Waals surface area (Å²) in [6.45, 7) is 8.48. The highest BCUT2D eigenvalue weighted by molar-refractivity contribution is 6.33. The standard InChI is InChI=1S/C28H30ClN3O3/c1-19-14-20(2)16-23(15-19)35-18-27(33)30-22-8-9-26(25(29)17-22)31-10-12-32(13-11-31)28(34)24-7-5-4-6-21(24)3/h4-9,14-17H,10-13,18H2,1-3H3,(H,30,33). The van der Waals surface area contributed by atoms with Crippen LogP contribution < -0.4 is 15.0 Å². The van der Waals surface area contributed by atoms with E-state index in [2.05, 4.69) is 16.3 Å². The second-order valence-electron chi connectivity index (χ2n) is 8.92. The lowest BCUT2D eigenvalue weighted by Crippen LogP contribution is -2.49. The monoisotopic (exact) mass is 491 g/mol. The summed E-state index contributed by atoms with van der Waals surface area (Å²) in [5.41, 5.74) is 5.41. The Morgan fingerprint density at radius 2 is 1.60 bits per heavy atom. The van der Waals surface area contributed by atoms with E-state index in [9.17, 15) is 9.59 Å². The summed E-state index contributed by atoms with van der Waals surface area (Å²) in [5, 5.41) is 3.39. The van der Waals surface area contributed by atoms with Gasteiger partial charge in [0.15, 0.2) is 6.61 Å². The number of amides is 2. The molecule has 1 aliphatic heterocycles. The fourth-order valence-electron chi connectivity index (χ4n) is 4.34. The molecular weight excluding hydrogens is 462 g/mol. The van der Waals surface area contributed by atoms with Crippen LogP contribution in [0, 0.1) is 20.8 Å². The van der Waals surface area contributed by atoms with Gasteiger partial charge in [-0.25, -0.2) is 0 Å². The van der Waals surface area contributed by atoms with Gasteiger partial charge in [-0.1, -0.05) is 35.9 Å². The number of nitrogens with one attached hydrogen (secondary N) is 1. The third-order valence-corrected chi connectivity index (χ3v) is 6.38. The van der Waals surface area contributed by atoms with Crippen molar-refractivity contribution in [1.29, 1.82) is 0 Å². The molecular formula is C28H30ClN3O3. The molecule has 0 saturated carbocycles. The number of piperazine rings is 1. The maximum absolute atomic E-state index is 12.9. The first-order chi connectivity index (χ1) is 16.8. The van der Waals surface area contributed by atoms with Crippen LogP contribution in [0.3, 0.4) is 0 Å². The predicted octanol–water partition coefficient (Wildman–Crippen LogP) is 5.25. The van der Waals surface area contributed by atoms with Crippen molar-refractivity contribution < 1.29 is 14.3 Å². The fourth-order valence-corrected chi connectivity index (χ4v) is 4.64. The lowest BCUT2D eigenvalue weighted by Gasteiger charge is -2.36. The number of halogens is 1. The smallest absolute Gasteiger partial charge is 0.262 e. The molecule has 0 atom stereocenters. The largest absolute Gasteiger partial charge is 0.484 e. The molecule has 2 amide bonds. The van der Waals surface area contributed by atoms with Crippen LogP contribution in [0.5, 0.6) is 5.75 Å². The van der Waals surface area contributed by atoms with Crippen molar-refractivity contribution in [2.24, 2.45) is 0 Å². The van der Waals surface area contributed by atoms with E-state index in [-0.39, 0.29) is 18.4 Å². The van der Waals surface area contributed by atoms with Crippen molar-refractivity contribution in [3.8, 4) is 5.75 Å². The third-order valence-electron chi connectivity index (χ3n) is 6.08. The number of carbonyl (C=O) groups is 2. The van der Waals surface area contributed by atoms with Crippen LogP contribution in [0.1, 0.15) is 27.0 Å². The molecule has 1 fully saturated rings. The number of rotatable bonds is 6. The first-order valence-electron chi connectivity index (χ1n) is 11.7. The van der Waals surface area contributed by atoms with Crippen LogP contribution in [-0.2, 0) is 4.79 Å². The molecule has 1 saturated heterocycles. The molecule has 1 N–H and O–H groups in total. The molecule has 4 rings (SSSR count). The molecule has 1 aliphatic rings. The Morgan fingerprint density at radius 1 is 0.914 bits per heavy atom. The summed E-state index contributed by atoms with van der Waals surface area (Å²) in [4.78, 5) is 29.3. The van der Waals surface area contributed by atoms with E-state index >= 15 is 0 Å². The fraction of sp³-hybridized carbons (Fsp3) is 0.286. The van der Waals surface area contributed by atoms with E-state index in [0.29, 0.717) is 42.6 Å². The molecule has 6 nitrogen and oxygen atoms in total. The maximum atomic E-state index is 12.9. The van der Waals surface area contributed by atoms with Crippen LogP contribution in [-0.4, -0.2) is 49.5 Å². The number of hydrogen-bond donors (Lipinski definition) is 1. The molecule has 182 valence electrons. The summed E-state index contributed by atoms with van der Waals surface area (Å²) in [5.74, 6) is 0.484. The Kier molecular flexibility index (Phi) is 7.61. The Balaban J connectivity index is 1.31. The number of aryl methyl sites for hydroxylation is 3. The first-order valence-corrected chi connectivity index (χ1v) is 12.1. The minimum Gasteiger partial charge on any atom is -0.484 e. The molecule has 7 heteroatoms. The Bertz CT molecular complexity index is 1220. The predicted molar refractivity (Wildman–Crippen MR) is 141 cm³/mol. The number of carbonyl (C=O) groups excluding carboxylic acids is 2. The number of benzene rings is 3. The molecule has 0 aromatic heterocycles. The Hall–Kier alpha value is -3.51. The minimum absolute atomic E-state index is 0.0648. The normalized spacial score (nSPS) is 13.5. The first kappa shape index (κ1) is 24.6. The van der Waals surface area contributed by atoms with Crippen LogP contribution >= 0.6 is 11.6 Å². The number of ether oxygens (including phenoxy) is 1. The van der Waals surface area contributed by atoms with E-state index in [4.69, 9.17) is 16.3 Å². The molecule has 0 bridgehead atoms. The highest BCUT2D eigenvalue weighted by atomic mass is 35.5. The molecule has 3 aromatic carbocycles. The quantitative estimate of drug-likeness (QED) is 0.512. The van der Waals surface area contributed by atoms with Gasteiger partial charge in [-0.3, -0.25) is 9.59 Å². The molecule has 0 aliphatic carbocycles. The van der Waals surface area contributed by atoms with Crippen molar-refractivity contribution in [3.63, 3.8) is 0 Å². The van der Waals surface area contributed by atoms with E-state index in [1.165, 1.54) is 0 Å². The second-order valence-corrected chi connectivity index (χ2v) is 9.33. The average molecular weight is 492 g/mol. The zero-order valence-electron chi connectivity index (χ0n) is 20.3. The van der Waals surface area contributed by atoms with Crippen molar-refractivity contribution in [1.82, 2.24) is 4.90 Å². The van der Waals surface area contributed by atoms with Gasteiger partial charge in [0.25, 0.3) is 11.8 Å². The third kappa shape index (κ3) is 6.14. The van der Waals surface area contributed by atoms with E-state index in [1.807, 2.05) is 74.2 Å². The van der Waals surface area contributed by atoms with Crippen molar-refractivity contribution in [3.05, 3.63) is 87.9 Å². The topological polar surface area (TPSA) is 61.9 Å².